The summed E-state index contributed by atoms with van der Waals surface area (Å²) in [6.07, 6.45) is 14.4. The van der Waals surface area contributed by atoms with E-state index in [0.717, 1.165) is 41.3 Å². The maximum atomic E-state index is 13.1. The normalized spacial score (nSPS) is 35.2. The zero-order valence-electron chi connectivity index (χ0n) is 17.8. The van der Waals surface area contributed by atoms with E-state index in [1.807, 2.05) is 35.9 Å². The Morgan fingerprint density at radius 2 is 2.20 bits per heavy atom. The van der Waals surface area contributed by atoms with Gasteiger partial charge in [-0.05, 0) is 86.2 Å². The van der Waals surface area contributed by atoms with Crippen molar-refractivity contribution in [3.8, 4) is 5.75 Å². The summed E-state index contributed by atoms with van der Waals surface area (Å²) in [5.74, 6) is 3.81. The number of aromatic nitrogens is 2. The van der Waals surface area contributed by atoms with Gasteiger partial charge in [-0.3, -0.25) is 4.79 Å². The summed E-state index contributed by atoms with van der Waals surface area (Å²) in [7, 11) is 0. The Labute approximate surface area is 178 Å². The number of rotatable bonds is 7. The van der Waals surface area contributed by atoms with Gasteiger partial charge in [-0.1, -0.05) is 6.07 Å². The summed E-state index contributed by atoms with van der Waals surface area (Å²) >= 11 is 0. The summed E-state index contributed by atoms with van der Waals surface area (Å²) in [5.41, 5.74) is 2.80. The van der Waals surface area contributed by atoms with E-state index in [1.54, 1.807) is 12.5 Å². The lowest BCUT2D eigenvalue weighted by molar-refractivity contribution is -0.119. The molecule has 3 bridgehead atoms. The number of carbonyl (C=O) groups excluding carboxylic acids is 1. The Bertz CT molecular complexity index is 967. The average Bonchev–Trinajstić information content (AvgIpc) is 3.33. The van der Waals surface area contributed by atoms with Crippen molar-refractivity contribution in [2.45, 2.75) is 58.4 Å². The first-order chi connectivity index (χ1) is 14.6. The first kappa shape index (κ1) is 18.5. The molecule has 1 amide bonds. The molecule has 1 spiro atoms. The molecule has 158 valence electrons. The fourth-order valence-corrected chi connectivity index (χ4v) is 7.87. The zero-order valence-corrected chi connectivity index (χ0v) is 17.8. The third-order valence-electron chi connectivity index (χ3n) is 8.85. The standard InChI is InChI=1S/C25H31N3O2/c1-17-21(3-2-4-22(17)30-8-7-28-6-5-26-16-28)27-23(29)14-24-11-18-9-19-10-20(13-24)25(19,12-18)15-24/h2-6,16,18-20H,7-15H2,1H3,(H,27,29). The number of hydrogen-bond donors (Lipinski definition) is 1. The second-order valence-corrected chi connectivity index (χ2v) is 10.6. The van der Waals surface area contributed by atoms with E-state index in [9.17, 15) is 4.79 Å². The first-order valence-electron chi connectivity index (χ1n) is 11.5. The number of nitrogens with one attached hydrogen (secondary N) is 1. The van der Waals surface area contributed by atoms with Crippen LogP contribution in [-0.2, 0) is 11.3 Å². The van der Waals surface area contributed by atoms with Gasteiger partial charge >= 0.3 is 0 Å². The monoisotopic (exact) mass is 405 g/mol. The molecule has 5 nitrogen and oxygen atoms in total. The number of nitrogens with zero attached hydrogens (tertiary/aromatic N) is 2. The van der Waals surface area contributed by atoms with Crippen LogP contribution in [0.15, 0.2) is 36.9 Å². The third-order valence-corrected chi connectivity index (χ3v) is 8.85. The van der Waals surface area contributed by atoms with Gasteiger partial charge in [0.2, 0.25) is 5.91 Å². The Balaban J connectivity index is 1.10. The van der Waals surface area contributed by atoms with Crippen LogP contribution in [-0.4, -0.2) is 22.1 Å². The van der Waals surface area contributed by atoms with Gasteiger partial charge in [0.15, 0.2) is 0 Å². The minimum atomic E-state index is 0.184. The van der Waals surface area contributed by atoms with Crippen LogP contribution in [0.1, 0.15) is 50.5 Å². The van der Waals surface area contributed by atoms with Crippen LogP contribution in [0, 0.1) is 35.5 Å². The number of hydrogen-bond acceptors (Lipinski definition) is 3. The van der Waals surface area contributed by atoms with Gasteiger partial charge in [-0.25, -0.2) is 4.98 Å². The molecule has 2 aromatic rings. The van der Waals surface area contributed by atoms with Gasteiger partial charge in [0.05, 0.1) is 12.9 Å². The van der Waals surface area contributed by atoms with Gasteiger partial charge < -0.3 is 14.6 Å². The molecule has 30 heavy (non-hydrogen) atoms. The molecule has 4 aliphatic carbocycles. The highest BCUT2D eigenvalue weighted by Gasteiger charge is 2.70. The van der Waals surface area contributed by atoms with E-state index in [4.69, 9.17) is 4.74 Å². The zero-order chi connectivity index (χ0) is 20.3. The molecule has 5 heteroatoms. The van der Waals surface area contributed by atoms with Crippen LogP contribution < -0.4 is 10.1 Å². The molecule has 0 radical (unpaired) electrons. The summed E-state index contributed by atoms with van der Waals surface area (Å²) in [6.45, 7) is 3.36. The SMILES string of the molecule is Cc1c(NC(=O)CC23CC4CC5CC(C2)C5(C4)C3)cccc1OCCn1ccnc1. The summed E-state index contributed by atoms with van der Waals surface area (Å²) < 4.78 is 7.98. The molecule has 1 aromatic heterocycles. The lowest BCUT2D eigenvalue weighted by Crippen LogP contribution is -2.42. The fraction of sp³-hybridized carbons (Fsp3) is 0.600. The average molecular weight is 406 g/mol. The molecule has 4 saturated carbocycles. The van der Waals surface area contributed by atoms with Gasteiger partial charge in [0.25, 0.3) is 0 Å². The van der Waals surface area contributed by atoms with Crippen LogP contribution >= 0.6 is 0 Å². The number of benzene rings is 1. The maximum Gasteiger partial charge on any atom is 0.224 e. The van der Waals surface area contributed by atoms with Crippen LogP contribution in [0.25, 0.3) is 0 Å². The highest BCUT2D eigenvalue weighted by atomic mass is 16.5. The molecular formula is C25H31N3O2. The smallest absolute Gasteiger partial charge is 0.224 e. The van der Waals surface area contributed by atoms with Crippen LogP contribution in [0.2, 0.25) is 0 Å². The second kappa shape index (κ2) is 6.60. The largest absolute Gasteiger partial charge is 0.491 e. The summed E-state index contributed by atoms with van der Waals surface area (Å²) in [6, 6.07) is 5.93. The molecule has 5 unspecified atom stereocenters. The van der Waals surface area contributed by atoms with Crippen molar-refractivity contribution in [3.63, 3.8) is 0 Å². The summed E-state index contributed by atoms with van der Waals surface area (Å²) in [5, 5.41) is 3.22. The van der Waals surface area contributed by atoms with Crippen molar-refractivity contribution in [2.24, 2.45) is 28.6 Å². The van der Waals surface area contributed by atoms with Gasteiger partial charge in [-0.15, -0.1) is 0 Å². The molecular weight excluding hydrogens is 374 g/mol. The molecule has 0 saturated heterocycles. The van der Waals surface area contributed by atoms with Gasteiger partial charge in [-0.2, -0.15) is 0 Å². The van der Waals surface area contributed by atoms with Crippen molar-refractivity contribution < 1.29 is 9.53 Å². The van der Waals surface area contributed by atoms with E-state index in [-0.39, 0.29) is 11.3 Å². The minimum Gasteiger partial charge on any atom is -0.491 e. The lowest BCUT2D eigenvalue weighted by Gasteiger charge is -2.49. The van der Waals surface area contributed by atoms with Crippen molar-refractivity contribution in [2.75, 3.05) is 11.9 Å². The number of anilines is 1. The number of carbonyl (C=O) groups is 1. The number of amides is 1. The molecule has 6 rings (SSSR count). The molecule has 4 fully saturated rings. The number of fused-ring (bicyclic) bond motifs is 2. The maximum absolute atomic E-state index is 13.1. The molecule has 0 aliphatic heterocycles. The Hall–Kier alpha value is -2.30. The predicted molar refractivity (Wildman–Crippen MR) is 115 cm³/mol. The molecule has 1 aromatic carbocycles. The Morgan fingerprint density at radius 3 is 3.07 bits per heavy atom. The second-order valence-electron chi connectivity index (χ2n) is 10.6. The van der Waals surface area contributed by atoms with Crippen molar-refractivity contribution in [3.05, 3.63) is 42.5 Å². The molecule has 1 N–H and O–H groups in total. The number of imidazole rings is 1. The predicted octanol–water partition coefficient (Wildman–Crippen LogP) is 4.82. The first-order valence-corrected chi connectivity index (χ1v) is 11.5. The van der Waals surface area contributed by atoms with E-state index >= 15 is 0 Å². The topological polar surface area (TPSA) is 56.1 Å². The third kappa shape index (κ3) is 2.81. The number of ether oxygens (including phenoxy) is 1. The highest BCUT2D eigenvalue weighted by Crippen LogP contribution is 2.79. The van der Waals surface area contributed by atoms with Crippen LogP contribution in [0.3, 0.4) is 0 Å². The molecule has 4 aliphatic rings. The minimum absolute atomic E-state index is 0.184. The van der Waals surface area contributed by atoms with Gasteiger partial charge in [0, 0.05) is 30.1 Å². The fourth-order valence-electron chi connectivity index (χ4n) is 7.87. The van der Waals surface area contributed by atoms with Crippen molar-refractivity contribution in [1.29, 1.82) is 0 Å². The quantitative estimate of drug-likeness (QED) is 0.719. The highest BCUT2D eigenvalue weighted by molar-refractivity contribution is 5.92. The van der Waals surface area contributed by atoms with Crippen molar-refractivity contribution in [1.82, 2.24) is 9.55 Å². The summed E-state index contributed by atoms with van der Waals surface area (Å²) in [4.78, 5) is 17.1. The van der Waals surface area contributed by atoms with E-state index in [2.05, 4.69) is 10.3 Å². The van der Waals surface area contributed by atoms with E-state index in [0.29, 0.717) is 18.4 Å². The molecule has 1 heterocycles. The van der Waals surface area contributed by atoms with Crippen molar-refractivity contribution >= 4 is 11.6 Å². The molecule has 5 atom stereocenters. The van der Waals surface area contributed by atoms with Crippen LogP contribution in [0.5, 0.6) is 5.75 Å². The van der Waals surface area contributed by atoms with Gasteiger partial charge in [0.1, 0.15) is 12.4 Å². The van der Waals surface area contributed by atoms with E-state index in [1.165, 1.54) is 38.5 Å². The van der Waals surface area contributed by atoms with Crippen LogP contribution in [0.4, 0.5) is 5.69 Å². The van der Waals surface area contributed by atoms with E-state index < -0.39 is 0 Å². The Morgan fingerprint density at radius 1 is 1.27 bits per heavy atom. The lowest BCUT2D eigenvalue weighted by atomic mass is 9.55. The Kier molecular flexibility index (Phi) is 4.06.